The fourth-order valence-corrected chi connectivity index (χ4v) is 9.21. The van der Waals surface area contributed by atoms with Crippen molar-refractivity contribution in [2.45, 2.75) is 81.7 Å². The van der Waals surface area contributed by atoms with Crippen molar-refractivity contribution in [1.29, 1.82) is 0 Å². The first-order chi connectivity index (χ1) is 25.5. The lowest BCUT2D eigenvalue weighted by Gasteiger charge is -2.40. The van der Waals surface area contributed by atoms with Crippen molar-refractivity contribution >= 4 is 51.0 Å². The maximum atomic E-state index is 15.1. The molecule has 0 radical (unpaired) electrons. The predicted molar refractivity (Wildman–Crippen MR) is 209 cm³/mol. The number of aliphatic hydroxyl groups is 1. The van der Waals surface area contributed by atoms with Gasteiger partial charge in [0, 0.05) is 42.3 Å². The zero-order chi connectivity index (χ0) is 38.4. The Hall–Kier alpha value is -4.00. The van der Waals surface area contributed by atoms with Gasteiger partial charge in [0.1, 0.15) is 17.7 Å². The number of nitrogens with zero attached hydrogens (tertiary/aromatic N) is 3. The second kappa shape index (κ2) is 17.4. The van der Waals surface area contributed by atoms with Crippen molar-refractivity contribution in [2.75, 3.05) is 42.6 Å². The van der Waals surface area contributed by atoms with Gasteiger partial charge in [-0.05, 0) is 62.4 Å². The molecule has 12 heteroatoms. The topological polar surface area (TPSA) is 129 Å². The molecule has 1 spiro atoms. The number of halogens is 1. The monoisotopic (exact) mass is 792 g/mol. The Kier molecular flexibility index (Phi) is 13.2. The van der Waals surface area contributed by atoms with Crippen LogP contribution in [0.2, 0.25) is 0 Å². The first-order valence-electron chi connectivity index (χ1n) is 18.6. The number of fused-ring (bicyclic) bond motifs is 1. The lowest BCUT2D eigenvalue weighted by molar-refractivity contribution is -0.161. The largest absolute Gasteiger partial charge is 0.455 e. The summed E-state index contributed by atoms with van der Waals surface area (Å²) >= 11 is 3.74. The van der Waals surface area contributed by atoms with Crippen molar-refractivity contribution in [3.05, 3.63) is 85.5 Å². The predicted octanol–water partition coefficient (Wildman–Crippen LogP) is 5.18. The Labute approximate surface area is 321 Å². The number of alkyl halides is 1. The molecular formula is C41H53BrN4O7. The van der Waals surface area contributed by atoms with Gasteiger partial charge in [-0.3, -0.25) is 19.2 Å². The number of benzene rings is 2. The van der Waals surface area contributed by atoms with Gasteiger partial charge in [0.05, 0.1) is 37.1 Å². The molecule has 2 aromatic carbocycles. The molecule has 53 heavy (non-hydrogen) atoms. The summed E-state index contributed by atoms with van der Waals surface area (Å²) < 4.78 is 13.0. The highest BCUT2D eigenvalue weighted by Crippen LogP contribution is 2.61. The Bertz CT molecular complexity index is 1630. The number of rotatable bonds is 18. The van der Waals surface area contributed by atoms with Gasteiger partial charge in [-0.25, -0.2) is 0 Å². The second-order valence-electron chi connectivity index (χ2n) is 14.3. The van der Waals surface area contributed by atoms with E-state index in [9.17, 15) is 19.5 Å². The van der Waals surface area contributed by atoms with Gasteiger partial charge >= 0.3 is 5.97 Å². The van der Waals surface area contributed by atoms with E-state index in [1.807, 2.05) is 68.4 Å². The van der Waals surface area contributed by atoms with Crippen LogP contribution < -0.4 is 15.1 Å². The number of ether oxygens (including phenoxy) is 2. The van der Waals surface area contributed by atoms with Crippen LogP contribution in [-0.4, -0.2) is 95.1 Å². The zero-order valence-corrected chi connectivity index (χ0v) is 32.7. The van der Waals surface area contributed by atoms with E-state index in [1.165, 1.54) is 4.90 Å². The number of amides is 3. The molecule has 0 saturated carbocycles. The highest BCUT2D eigenvalue weighted by molar-refractivity contribution is 9.09. The summed E-state index contributed by atoms with van der Waals surface area (Å²) in [6.07, 6.45) is 2.76. The highest BCUT2D eigenvalue weighted by Gasteiger charge is 2.77. The van der Waals surface area contributed by atoms with Crippen LogP contribution in [0.1, 0.15) is 58.6 Å². The van der Waals surface area contributed by atoms with Crippen LogP contribution in [-0.2, 0) is 28.7 Å². The van der Waals surface area contributed by atoms with Crippen molar-refractivity contribution in [3.8, 4) is 0 Å². The molecule has 5 rings (SSSR count). The van der Waals surface area contributed by atoms with E-state index in [1.54, 1.807) is 17.1 Å². The average molecular weight is 794 g/mol. The van der Waals surface area contributed by atoms with Crippen LogP contribution >= 0.6 is 15.9 Å². The van der Waals surface area contributed by atoms with Gasteiger partial charge in [0.15, 0.2) is 0 Å². The van der Waals surface area contributed by atoms with E-state index < -0.39 is 53.6 Å². The molecule has 0 aromatic heterocycles. The Morgan fingerprint density at radius 1 is 1.08 bits per heavy atom. The molecule has 3 aliphatic rings. The molecule has 2 N–H and O–H groups in total. The van der Waals surface area contributed by atoms with Crippen LogP contribution in [0, 0.1) is 17.8 Å². The minimum Gasteiger partial charge on any atom is -0.455 e. The molecule has 1 unspecified atom stereocenters. The molecular weight excluding hydrogens is 740 g/mol. The smallest absolute Gasteiger partial charge is 0.313 e. The molecule has 11 nitrogen and oxygen atoms in total. The van der Waals surface area contributed by atoms with Crippen molar-refractivity contribution in [2.24, 2.45) is 17.8 Å². The van der Waals surface area contributed by atoms with Gasteiger partial charge in [0.25, 0.3) is 5.91 Å². The van der Waals surface area contributed by atoms with Crippen LogP contribution in [0.25, 0.3) is 0 Å². The molecule has 8 atom stereocenters. The first kappa shape index (κ1) is 40.2. The third-order valence-electron chi connectivity index (χ3n) is 10.9. The second-order valence-corrected chi connectivity index (χ2v) is 15.5. The number of carbonyl (C=O) groups is 4. The van der Waals surface area contributed by atoms with E-state index in [-0.39, 0.29) is 48.7 Å². The molecule has 3 amide bonds. The summed E-state index contributed by atoms with van der Waals surface area (Å²) in [4.78, 5) is 61.8. The lowest BCUT2D eigenvalue weighted by atomic mass is 9.70. The third-order valence-corrected chi connectivity index (χ3v) is 11.7. The molecule has 2 bridgehead atoms. The molecule has 3 saturated heterocycles. The fraction of sp³-hybridized carbons (Fsp3) is 0.512. The third kappa shape index (κ3) is 7.82. The summed E-state index contributed by atoms with van der Waals surface area (Å²) in [5, 5.41) is 13.6. The number of likely N-dealkylation sites (tertiary alicyclic amines) is 1. The summed E-state index contributed by atoms with van der Waals surface area (Å²) in [5.74, 6) is -3.96. The number of hydrogen-bond acceptors (Lipinski definition) is 8. The summed E-state index contributed by atoms with van der Waals surface area (Å²) in [6, 6.07) is 15.0. The van der Waals surface area contributed by atoms with Crippen LogP contribution in [0.4, 0.5) is 11.4 Å². The van der Waals surface area contributed by atoms with Crippen LogP contribution in [0.15, 0.2) is 79.9 Å². The number of anilines is 2. The van der Waals surface area contributed by atoms with Gasteiger partial charge < -0.3 is 34.6 Å². The Morgan fingerprint density at radius 2 is 1.74 bits per heavy atom. The highest BCUT2D eigenvalue weighted by atomic mass is 79.9. The van der Waals surface area contributed by atoms with Gasteiger partial charge in [-0.15, -0.1) is 13.2 Å². The quantitative estimate of drug-likeness (QED) is 0.120. The fourth-order valence-electron chi connectivity index (χ4n) is 8.27. The van der Waals surface area contributed by atoms with Gasteiger partial charge in [-0.2, -0.15) is 0 Å². The van der Waals surface area contributed by atoms with E-state index in [0.29, 0.717) is 24.1 Å². The van der Waals surface area contributed by atoms with Gasteiger partial charge in [-0.1, -0.05) is 72.3 Å². The maximum Gasteiger partial charge on any atom is 0.313 e. The van der Waals surface area contributed by atoms with E-state index in [0.717, 1.165) is 18.8 Å². The summed E-state index contributed by atoms with van der Waals surface area (Å²) in [5.41, 5.74) is 0.954. The van der Waals surface area contributed by atoms with Crippen molar-refractivity contribution < 1.29 is 33.8 Å². The lowest BCUT2D eigenvalue weighted by Crippen LogP contribution is -2.60. The summed E-state index contributed by atoms with van der Waals surface area (Å²) in [7, 11) is 0. The molecule has 3 fully saturated rings. The minimum absolute atomic E-state index is 0.0300. The number of aliphatic hydroxyl groups excluding tert-OH is 1. The van der Waals surface area contributed by atoms with E-state index in [2.05, 4.69) is 53.2 Å². The number of nitrogens with one attached hydrogen (secondary N) is 1. The SMILES string of the molecule is C=CCCC(=O)NC[C@@H](OC(=O)[C@@H]1[C@H]2O[C@@]3(CC2Br)[C@H](C(=O)N(CC=C)c2ccc(N(CC)CC)cc2)N([C@@H](CO)C(C)C)C(=O)[C@@H]13)c1ccccc1. The van der Waals surface area contributed by atoms with Gasteiger partial charge in [0.2, 0.25) is 11.8 Å². The Balaban J connectivity index is 1.52. The number of esters is 1. The molecule has 0 aliphatic carbocycles. The van der Waals surface area contributed by atoms with Crippen LogP contribution in [0.3, 0.4) is 0 Å². The average Bonchev–Trinajstić information content (AvgIpc) is 3.75. The van der Waals surface area contributed by atoms with Crippen LogP contribution in [0.5, 0.6) is 0 Å². The standard InChI is InChI=1S/C41H53BrN4O7/c1-7-11-17-33(48)43-24-32(27-15-13-12-14-16-27)52-40(51)34-35-38(49)46(31(25-47)26(5)6)37(41(35)23-30(42)36(34)53-41)39(50)45(22-8-2)29-20-18-28(19-21-29)44(9-3)10-4/h7-8,12-16,18-21,26,30-32,34-37,47H,1-2,9-11,17,22-25H2,3-6H3,(H,43,48)/t30?,31-,32+,34-,35+,36-,37-,41+/m0/s1. The zero-order valence-electron chi connectivity index (χ0n) is 31.2. The summed E-state index contributed by atoms with van der Waals surface area (Å²) in [6.45, 7) is 17.0. The van der Waals surface area contributed by atoms with Crippen molar-refractivity contribution in [3.63, 3.8) is 0 Å². The number of carbonyl (C=O) groups excluding carboxylic acids is 4. The molecule has 3 aliphatic heterocycles. The van der Waals surface area contributed by atoms with E-state index >= 15 is 4.79 Å². The van der Waals surface area contributed by atoms with Crippen molar-refractivity contribution in [1.82, 2.24) is 10.2 Å². The normalized spacial score (nSPS) is 25.5. The molecule has 286 valence electrons. The Morgan fingerprint density at radius 3 is 2.32 bits per heavy atom. The maximum absolute atomic E-state index is 15.1. The first-order valence-corrected chi connectivity index (χ1v) is 19.5. The minimum atomic E-state index is -1.37. The number of allylic oxidation sites excluding steroid dienone is 1. The van der Waals surface area contributed by atoms with E-state index in [4.69, 9.17) is 9.47 Å². The molecule has 2 aromatic rings. The number of hydrogen-bond donors (Lipinski definition) is 2. The molecule has 3 heterocycles.